The van der Waals surface area contributed by atoms with Gasteiger partial charge < -0.3 is 14.8 Å². The molecule has 2 aromatic carbocycles. The number of hydrogen-bond acceptors (Lipinski definition) is 3. The molecular formula is C26H27F3N2O3. The number of fused-ring (bicyclic) bond motifs is 1. The molecule has 0 unspecified atom stereocenters. The quantitative estimate of drug-likeness (QED) is 0.473. The monoisotopic (exact) mass is 472 g/mol. The molecule has 0 amide bonds. The first kappa shape index (κ1) is 22.8. The highest BCUT2D eigenvalue weighted by molar-refractivity contribution is 5.88. The fraction of sp³-hybridized carbons (Fsp3) is 0.423. The number of halogens is 3. The van der Waals surface area contributed by atoms with Gasteiger partial charge in [-0.15, -0.1) is 0 Å². The number of carboxylic acids is 1. The summed E-state index contributed by atoms with van der Waals surface area (Å²) in [6.07, 6.45) is 2.67. The van der Waals surface area contributed by atoms with Crippen LogP contribution in [0.15, 0.2) is 36.5 Å². The van der Waals surface area contributed by atoms with Gasteiger partial charge in [0.15, 0.2) is 0 Å². The van der Waals surface area contributed by atoms with Crippen LogP contribution in [0.1, 0.15) is 58.8 Å². The number of carboxylic acid groups (broad SMARTS) is 1. The zero-order chi connectivity index (χ0) is 24.3. The van der Waals surface area contributed by atoms with Crippen LogP contribution in [0.5, 0.6) is 5.75 Å². The molecule has 2 fully saturated rings. The van der Waals surface area contributed by atoms with Crippen LogP contribution < -0.4 is 4.74 Å². The summed E-state index contributed by atoms with van der Waals surface area (Å²) in [6, 6.07) is 7.77. The second-order valence-corrected chi connectivity index (χ2v) is 9.83. The maximum atomic E-state index is 14.6. The van der Waals surface area contributed by atoms with E-state index in [9.17, 15) is 23.1 Å². The predicted octanol–water partition coefficient (Wildman–Crippen LogP) is 6.07. The number of rotatable bonds is 5. The Morgan fingerprint density at radius 3 is 2.68 bits per heavy atom. The van der Waals surface area contributed by atoms with Crippen LogP contribution in [0, 0.1) is 18.2 Å². The van der Waals surface area contributed by atoms with Crippen molar-refractivity contribution in [2.45, 2.75) is 51.1 Å². The molecule has 34 heavy (non-hydrogen) atoms. The molecule has 5 nitrogen and oxygen atoms in total. The van der Waals surface area contributed by atoms with Gasteiger partial charge in [0.2, 0.25) is 5.92 Å². The number of aromatic amines is 1. The molecule has 1 aliphatic heterocycles. The first-order valence-corrected chi connectivity index (χ1v) is 11.4. The Hall–Kier alpha value is -3.00. The minimum absolute atomic E-state index is 0.157. The smallest absolute Gasteiger partial charge is 0.338 e. The standard InChI is InChI=1S/C26H27F3N2O3/c1-15-9-22(34-2)19(17-5-7-30-23(15)17)12-31-8-6-25(13-26(28,29)14-25)11-21(31)16-3-4-18(24(32)33)20(27)10-16/h3-5,7,9-10,21,30H,6,8,11-14H2,1-2H3,(H,32,33)/t21-/m1/s1. The number of hydrogen-bond donors (Lipinski definition) is 2. The molecule has 180 valence electrons. The first-order chi connectivity index (χ1) is 16.1. The van der Waals surface area contributed by atoms with Gasteiger partial charge in [-0.25, -0.2) is 18.0 Å². The molecule has 8 heteroatoms. The van der Waals surface area contributed by atoms with Gasteiger partial charge in [-0.3, -0.25) is 4.90 Å². The third-order valence-electron chi connectivity index (χ3n) is 7.56. The lowest BCUT2D eigenvalue weighted by molar-refractivity contribution is -0.186. The summed E-state index contributed by atoms with van der Waals surface area (Å²) in [5, 5.41) is 10.2. The Morgan fingerprint density at radius 1 is 1.26 bits per heavy atom. The van der Waals surface area contributed by atoms with Crippen LogP contribution >= 0.6 is 0 Å². The highest BCUT2D eigenvalue weighted by Crippen LogP contribution is 2.60. The molecule has 1 saturated heterocycles. The molecule has 1 aliphatic carbocycles. The number of ether oxygens (including phenoxy) is 1. The zero-order valence-corrected chi connectivity index (χ0v) is 19.1. The largest absolute Gasteiger partial charge is 0.496 e. The second-order valence-electron chi connectivity index (χ2n) is 9.83. The van der Waals surface area contributed by atoms with Gasteiger partial charge >= 0.3 is 5.97 Å². The summed E-state index contributed by atoms with van der Waals surface area (Å²) in [6.45, 7) is 3.07. The van der Waals surface area contributed by atoms with E-state index in [1.807, 2.05) is 25.3 Å². The lowest BCUT2D eigenvalue weighted by atomic mass is 9.59. The molecular weight excluding hydrogens is 445 g/mol. The van der Waals surface area contributed by atoms with Crippen molar-refractivity contribution in [2.24, 2.45) is 5.41 Å². The number of carbonyl (C=O) groups is 1. The Kier molecular flexibility index (Phi) is 5.39. The van der Waals surface area contributed by atoms with E-state index in [1.165, 1.54) is 12.1 Å². The van der Waals surface area contributed by atoms with Crippen molar-refractivity contribution >= 4 is 16.9 Å². The fourth-order valence-corrected chi connectivity index (χ4v) is 5.96. The van der Waals surface area contributed by atoms with E-state index in [2.05, 4.69) is 9.88 Å². The number of aromatic carboxylic acids is 1. The number of aryl methyl sites for hydroxylation is 1. The van der Waals surface area contributed by atoms with Crippen LogP contribution in [0.4, 0.5) is 13.2 Å². The van der Waals surface area contributed by atoms with Crippen LogP contribution in [0.2, 0.25) is 0 Å². The van der Waals surface area contributed by atoms with Crippen LogP contribution in [0.3, 0.4) is 0 Å². The summed E-state index contributed by atoms with van der Waals surface area (Å²) >= 11 is 0. The SMILES string of the molecule is COc1cc(C)c2[nH]ccc2c1CN1CCC2(C[C@@H]1c1ccc(C(=O)O)c(F)c1)CC(F)(F)C2. The summed E-state index contributed by atoms with van der Waals surface area (Å²) in [5.41, 5.74) is 2.77. The van der Waals surface area contributed by atoms with Crippen LogP contribution in [-0.2, 0) is 6.54 Å². The Labute approximate surface area is 195 Å². The molecule has 1 aromatic heterocycles. The van der Waals surface area contributed by atoms with Gasteiger partial charge in [0.05, 0.1) is 12.7 Å². The number of aromatic nitrogens is 1. The highest BCUT2D eigenvalue weighted by atomic mass is 19.3. The Morgan fingerprint density at radius 2 is 2.03 bits per heavy atom. The van der Waals surface area contributed by atoms with Crippen molar-refractivity contribution in [1.29, 1.82) is 0 Å². The molecule has 2 heterocycles. The van der Waals surface area contributed by atoms with Crippen LogP contribution in [-0.4, -0.2) is 40.5 Å². The lowest BCUT2D eigenvalue weighted by Gasteiger charge is -2.54. The molecule has 0 radical (unpaired) electrons. The van der Waals surface area contributed by atoms with E-state index in [4.69, 9.17) is 4.74 Å². The number of alkyl halides is 2. The minimum Gasteiger partial charge on any atom is -0.496 e. The predicted molar refractivity (Wildman–Crippen MR) is 122 cm³/mol. The van der Waals surface area contributed by atoms with E-state index >= 15 is 0 Å². The van der Waals surface area contributed by atoms with Gasteiger partial charge in [-0.1, -0.05) is 6.07 Å². The maximum absolute atomic E-state index is 14.6. The van der Waals surface area contributed by atoms with Crippen molar-refractivity contribution in [2.75, 3.05) is 13.7 Å². The van der Waals surface area contributed by atoms with E-state index in [-0.39, 0.29) is 18.9 Å². The number of nitrogens with zero attached hydrogens (tertiary/aromatic N) is 1. The third-order valence-corrected chi connectivity index (χ3v) is 7.56. The van der Waals surface area contributed by atoms with Crippen molar-refractivity contribution in [3.63, 3.8) is 0 Å². The number of likely N-dealkylation sites (tertiary alicyclic amines) is 1. The average molecular weight is 473 g/mol. The van der Waals surface area contributed by atoms with Crippen molar-refractivity contribution < 1.29 is 27.8 Å². The van der Waals surface area contributed by atoms with Gasteiger partial charge in [0.1, 0.15) is 11.6 Å². The molecule has 2 N–H and O–H groups in total. The number of benzene rings is 2. The minimum atomic E-state index is -2.65. The molecule has 1 spiro atoms. The molecule has 1 atom stereocenters. The molecule has 3 aromatic rings. The van der Waals surface area contributed by atoms with E-state index in [1.54, 1.807) is 13.2 Å². The summed E-state index contributed by atoms with van der Waals surface area (Å²) in [7, 11) is 1.62. The summed E-state index contributed by atoms with van der Waals surface area (Å²) in [5.74, 6) is -4.06. The summed E-state index contributed by atoms with van der Waals surface area (Å²) < 4.78 is 48.0. The Bertz CT molecular complexity index is 1260. The Balaban J connectivity index is 1.53. The molecule has 2 aliphatic rings. The zero-order valence-electron chi connectivity index (χ0n) is 19.1. The topological polar surface area (TPSA) is 65.6 Å². The van der Waals surface area contributed by atoms with Crippen molar-refractivity contribution in [3.8, 4) is 5.75 Å². The third kappa shape index (κ3) is 3.83. The van der Waals surface area contributed by atoms with Gasteiger partial charge in [-0.2, -0.15) is 0 Å². The first-order valence-electron chi connectivity index (χ1n) is 11.4. The fourth-order valence-electron chi connectivity index (χ4n) is 5.96. The van der Waals surface area contributed by atoms with E-state index < -0.39 is 28.7 Å². The van der Waals surface area contributed by atoms with E-state index in [0.717, 1.165) is 27.8 Å². The summed E-state index contributed by atoms with van der Waals surface area (Å²) in [4.78, 5) is 16.7. The second kappa shape index (κ2) is 8.05. The normalized spacial score (nSPS) is 21.5. The number of nitrogens with one attached hydrogen (secondary N) is 1. The highest BCUT2D eigenvalue weighted by Gasteiger charge is 2.58. The van der Waals surface area contributed by atoms with Gasteiger partial charge in [0.25, 0.3) is 0 Å². The molecule has 1 saturated carbocycles. The molecule has 0 bridgehead atoms. The van der Waals surface area contributed by atoms with Crippen LogP contribution in [0.25, 0.3) is 10.9 Å². The van der Waals surface area contributed by atoms with E-state index in [0.29, 0.717) is 31.5 Å². The number of piperidine rings is 1. The van der Waals surface area contributed by atoms with Gasteiger partial charge in [0, 0.05) is 48.1 Å². The lowest BCUT2D eigenvalue weighted by Crippen LogP contribution is -2.53. The maximum Gasteiger partial charge on any atom is 0.338 e. The van der Waals surface area contributed by atoms with Crippen molar-refractivity contribution in [1.82, 2.24) is 9.88 Å². The molecule has 5 rings (SSSR count). The van der Waals surface area contributed by atoms with Gasteiger partial charge in [-0.05, 0) is 67.1 Å². The number of H-pyrrole nitrogens is 1. The van der Waals surface area contributed by atoms with Crippen molar-refractivity contribution in [3.05, 3.63) is 64.6 Å². The number of methoxy groups -OCH3 is 1. The average Bonchev–Trinajstić information content (AvgIpc) is 3.25.